The average Bonchev–Trinajstić information content (AvgIpc) is 2.26. The molecule has 3 nitrogen and oxygen atoms in total. The van der Waals surface area contributed by atoms with Crippen molar-refractivity contribution < 1.29 is 9.59 Å². The molecule has 0 aromatic heterocycles. The minimum atomic E-state index is -0.0380. The fraction of sp³-hybridized carbons (Fsp3) is 0.333. The van der Waals surface area contributed by atoms with Gasteiger partial charge in [0.25, 0.3) is 0 Å². The van der Waals surface area contributed by atoms with Crippen molar-refractivity contribution in [2.24, 2.45) is 0 Å². The summed E-state index contributed by atoms with van der Waals surface area (Å²) >= 11 is 5.72. The van der Waals surface area contributed by atoms with Gasteiger partial charge in [-0.05, 0) is 24.3 Å². The van der Waals surface area contributed by atoms with Crippen LogP contribution < -0.4 is 0 Å². The van der Waals surface area contributed by atoms with Crippen LogP contribution in [0.1, 0.15) is 23.7 Å². The molecule has 0 N–H and O–H groups in total. The van der Waals surface area contributed by atoms with Crippen LogP contribution in [0.4, 0.5) is 0 Å². The quantitative estimate of drug-likeness (QED) is 0.757. The van der Waals surface area contributed by atoms with Crippen LogP contribution in [0.15, 0.2) is 24.3 Å². The Balaban J connectivity index is 2.53. The lowest BCUT2D eigenvalue weighted by atomic mass is 10.1. The van der Waals surface area contributed by atoms with E-state index in [2.05, 4.69) is 0 Å². The Bertz CT molecular complexity index is 387. The van der Waals surface area contributed by atoms with E-state index in [-0.39, 0.29) is 11.7 Å². The summed E-state index contributed by atoms with van der Waals surface area (Å²) in [5.41, 5.74) is 0.626. The largest absolute Gasteiger partial charge is 0.346 e. The first-order chi connectivity index (χ1) is 7.50. The second-order valence-corrected chi connectivity index (χ2v) is 4.06. The first-order valence-electron chi connectivity index (χ1n) is 5.01. The van der Waals surface area contributed by atoms with Crippen molar-refractivity contribution in [2.75, 3.05) is 13.6 Å². The molecule has 16 heavy (non-hydrogen) atoms. The number of rotatable bonds is 4. The molecule has 1 aromatic rings. The summed E-state index contributed by atoms with van der Waals surface area (Å²) in [6.07, 6.45) is 0.331. The smallest absolute Gasteiger partial charge is 0.219 e. The van der Waals surface area contributed by atoms with E-state index in [1.165, 1.54) is 11.8 Å². The molecule has 0 unspecified atom stereocenters. The molecule has 0 heterocycles. The summed E-state index contributed by atoms with van der Waals surface area (Å²) < 4.78 is 0. The van der Waals surface area contributed by atoms with Crippen LogP contribution in [0, 0.1) is 0 Å². The van der Waals surface area contributed by atoms with Crippen molar-refractivity contribution in [2.45, 2.75) is 13.3 Å². The minimum Gasteiger partial charge on any atom is -0.346 e. The summed E-state index contributed by atoms with van der Waals surface area (Å²) in [7, 11) is 1.68. The molecule has 0 saturated heterocycles. The lowest BCUT2D eigenvalue weighted by Crippen LogP contribution is -2.26. The third-order valence-electron chi connectivity index (χ3n) is 2.38. The van der Waals surface area contributed by atoms with E-state index in [9.17, 15) is 9.59 Å². The second kappa shape index (κ2) is 5.66. The predicted octanol–water partition coefficient (Wildman–Crippen LogP) is 2.39. The molecular formula is C12H14ClNO2. The summed E-state index contributed by atoms with van der Waals surface area (Å²) in [6, 6.07) is 6.75. The van der Waals surface area contributed by atoms with Gasteiger partial charge in [-0.25, -0.2) is 0 Å². The molecule has 0 atom stereocenters. The van der Waals surface area contributed by atoms with E-state index in [1.54, 1.807) is 31.3 Å². The lowest BCUT2D eigenvalue weighted by Gasteiger charge is -2.13. The Kier molecular flexibility index (Phi) is 4.50. The molecule has 86 valence electrons. The third-order valence-corrected chi connectivity index (χ3v) is 2.63. The fourth-order valence-corrected chi connectivity index (χ4v) is 1.33. The van der Waals surface area contributed by atoms with Crippen molar-refractivity contribution in [3.8, 4) is 0 Å². The van der Waals surface area contributed by atoms with Gasteiger partial charge < -0.3 is 4.90 Å². The van der Waals surface area contributed by atoms with Crippen molar-refractivity contribution >= 4 is 23.3 Å². The lowest BCUT2D eigenvalue weighted by molar-refractivity contribution is -0.127. The van der Waals surface area contributed by atoms with Gasteiger partial charge in [0.1, 0.15) is 0 Å². The number of amides is 1. The van der Waals surface area contributed by atoms with Gasteiger partial charge in [-0.1, -0.05) is 11.6 Å². The van der Waals surface area contributed by atoms with E-state index < -0.39 is 0 Å². The summed E-state index contributed by atoms with van der Waals surface area (Å²) in [6.45, 7) is 1.92. The predicted molar refractivity (Wildman–Crippen MR) is 63.7 cm³/mol. The molecule has 0 aliphatic carbocycles. The topological polar surface area (TPSA) is 37.4 Å². The van der Waals surface area contributed by atoms with Crippen LogP contribution in [-0.2, 0) is 4.79 Å². The highest BCUT2D eigenvalue weighted by atomic mass is 35.5. The molecule has 4 heteroatoms. The summed E-state index contributed by atoms with van der Waals surface area (Å²) in [4.78, 5) is 24.2. The number of carbonyl (C=O) groups excluding carboxylic acids is 2. The van der Waals surface area contributed by atoms with Gasteiger partial charge in [-0.15, -0.1) is 0 Å². The maximum Gasteiger partial charge on any atom is 0.219 e. The van der Waals surface area contributed by atoms with Crippen LogP contribution in [0.5, 0.6) is 0 Å². The van der Waals surface area contributed by atoms with Crippen molar-refractivity contribution in [3.63, 3.8) is 0 Å². The number of nitrogens with zero attached hydrogens (tertiary/aromatic N) is 1. The maximum absolute atomic E-state index is 11.7. The zero-order valence-electron chi connectivity index (χ0n) is 9.37. The standard InChI is InChI=1S/C12H14ClNO2/c1-9(15)14(2)8-7-12(16)10-3-5-11(13)6-4-10/h3-6H,7-8H2,1-2H3. The number of halogens is 1. The molecule has 0 bridgehead atoms. The molecule has 0 spiro atoms. The summed E-state index contributed by atoms with van der Waals surface area (Å²) in [5.74, 6) is -0.0197. The highest BCUT2D eigenvalue weighted by molar-refractivity contribution is 6.30. The van der Waals surface area contributed by atoms with Gasteiger partial charge in [0.15, 0.2) is 5.78 Å². The molecule has 1 amide bonds. The van der Waals surface area contributed by atoms with Gasteiger partial charge in [-0.2, -0.15) is 0 Å². The van der Waals surface area contributed by atoms with Crippen LogP contribution in [-0.4, -0.2) is 30.2 Å². The third kappa shape index (κ3) is 3.66. The number of hydrogen-bond donors (Lipinski definition) is 0. The van der Waals surface area contributed by atoms with E-state index in [1.807, 2.05) is 0 Å². The number of benzene rings is 1. The fourth-order valence-electron chi connectivity index (χ4n) is 1.21. The molecule has 0 aliphatic rings. The average molecular weight is 240 g/mol. The molecule has 0 radical (unpaired) electrons. The van der Waals surface area contributed by atoms with Gasteiger partial charge in [0.05, 0.1) is 0 Å². The molecule has 1 aromatic carbocycles. The Morgan fingerprint density at radius 3 is 2.31 bits per heavy atom. The van der Waals surface area contributed by atoms with Crippen molar-refractivity contribution in [1.29, 1.82) is 0 Å². The van der Waals surface area contributed by atoms with E-state index >= 15 is 0 Å². The Morgan fingerprint density at radius 1 is 1.25 bits per heavy atom. The van der Waals surface area contributed by atoms with E-state index in [0.29, 0.717) is 23.6 Å². The Morgan fingerprint density at radius 2 is 1.81 bits per heavy atom. The van der Waals surface area contributed by atoms with Crippen LogP contribution in [0.2, 0.25) is 5.02 Å². The molecule has 0 aliphatic heterocycles. The number of carbonyl (C=O) groups is 2. The van der Waals surface area contributed by atoms with Crippen LogP contribution in [0.25, 0.3) is 0 Å². The van der Waals surface area contributed by atoms with Gasteiger partial charge in [0.2, 0.25) is 5.91 Å². The second-order valence-electron chi connectivity index (χ2n) is 3.62. The van der Waals surface area contributed by atoms with Crippen LogP contribution in [0.3, 0.4) is 0 Å². The number of ketones is 1. The Labute approximate surface area is 100 Å². The highest BCUT2D eigenvalue weighted by Crippen LogP contribution is 2.11. The highest BCUT2D eigenvalue weighted by Gasteiger charge is 2.08. The zero-order chi connectivity index (χ0) is 12.1. The monoisotopic (exact) mass is 239 g/mol. The molecule has 0 fully saturated rings. The first kappa shape index (κ1) is 12.7. The normalized spacial score (nSPS) is 9.94. The van der Waals surface area contributed by atoms with Crippen molar-refractivity contribution in [1.82, 2.24) is 4.90 Å². The maximum atomic E-state index is 11.7. The number of hydrogen-bond acceptors (Lipinski definition) is 2. The SMILES string of the molecule is CC(=O)N(C)CCC(=O)c1ccc(Cl)cc1. The zero-order valence-corrected chi connectivity index (χ0v) is 10.1. The van der Waals surface area contributed by atoms with E-state index in [0.717, 1.165) is 0 Å². The van der Waals surface area contributed by atoms with Crippen LogP contribution >= 0.6 is 11.6 Å². The van der Waals surface area contributed by atoms with E-state index in [4.69, 9.17) is 11.6 Å². The van der Waals surface area contributed by atoms with Gasteiger partial charge >= 0.3 is 0 Å². The Hall–Kier alpha value is -1.35. The van der Waals surface area contributed by atoms with Crippen molar-refractivity contribution in [3.05, 3.63) is 34.9 Å². The number of Topliss-reactive ketones (excluding diaryl/α,β-unsaturated/α-hetero) is 1. The minimum absolute atomic E-state index is 0.0183. The first-order valence-corrected chi connectivity index (χ1v) is 5.39. The summed E-state index contributed by atoms with van der Waals surface area (Å²) in [5, 5.41) is 0.609. The molecular weight excluding hydrogens is 226 g/mol. The molecule has 0 saturated carbocycles. The van der Waals surface area contributed by atoms with Gasteiger partial charge in [0, 0.05) is 37.5 Å². The van der Waals surface area contributed by atoms with Gasteiger partial charge in [-0.3, -0.25) is 9.59 Å². The molecule has 1 rings (SSSR count).